The molecule has 7 nitrogen and oxygen atoms in total. The van der Waals surface area contributed by atoms with E-state index in [0.717, 1.165) is 0 Å². The summed E-state index contributed by atoms with van der Waals surface area (Å²) in [5.41, 5.74) is 3.05. The highest BCUT2D eigenvalue weighted by Gasteiger charge is 2.61. The number of rotatable bonds is 6. The van der Waals surface area contributed by atoms with Crippen molar-refractivity contribution in [2.24, 2.45) is 0 Å². The predicted octanol–water partition coefficient (Wildman–Crippen LogP) is 5.18. The van der Waals surface area contributed by atoms with Crippen molar-refractivity contribution in [2.45, 2.75) is 24.7 Å². The van der Waals surface area contributed by atoms with Crippen LogP contribution in [0.5, 0.6) is 5.75 Å². The van der Waals surface area contributed by atoms with Crippen molar-refractivity contribution in [3.63, 3.8) is 0 Å². The summed E-state index contributed by atoms with van der Waals surface area (Å²) in [5, 5.41) is 15.3. The van der Waals surface area contributed by atoms with Gasteiger partial charge in [0.1, 0.15) is 17.6 Å². The Kier molecular flexibility index (Phi) is 6.10. The summed E-state index contributed by atoms with van der Waals surface area (Å²) in [4.78, 5) is 12.7. The number of benzene rings is 3. The molecule has 1 aliphatic rings. The maximum absolute atomic E-state index is 14.3. The highest BCUT2D eigenvalue weighted by atomic mass is 19.4. The minimum absolute atomic E-state index is 0.122. The second kappa shape index (κ2) is 9.18. The van der Waals surface area contributed by atoms with Gasteiger partial charge in [-0.25, -0.2) is 4.39 Å². The van der Waals surface area contributed by atoms with Crippen molar-refractivity contribution in [3.8, 4) is 28.0 Å². The lowest BCUT2D eigenvalue weighted by atomic mass is 9.89. The second-order valence-electron chi connectivity index (χ2n) is 8.86. The molecule has 5 rings (SSSR count). The number of amides is 1. The predicted molar refractivity (Wildman–Crippen MR) is 132 cm³/mol. The smallest absolute Gasteiger partial charge is 0.425 e. The first-order valence-corrected chi connectivity index (χ1v) is 11.5. The molecule has 0 saturated heterocycles. The van der Waals surface area contributed by atoms with Crippen molar-refractivity contribution in [1.82, 2.24) is 15.2 Å². The molecule has 0 spiro atoms. The van der Waals surface area contributed by atoms with Crippen LogP contribution in [0.15, 0.2) is 73.1 Å². The number of hydrogen-bond donors (Lipinski definition) is 3. The zero-order valence-electron chi connectivity index (χ0n) is 20.2. The number of carbonyl (C=O) groups excluding carboxylic acids is 1. The van der Waals surface area contributed by atoms with E-state index in [2.05, 4.69) is 16.0 Å². The van der Waals surface area contributed by atoms with Crippen molar-refractivity contribution in [2.75, 3.05) is 12.5 Å². The molecule has 38 heavy (non-hydrogen) atoms. The van der Waals surface area contributed by atoms with Crippen LogP contribution in [0.1, 0.15) is 24.1 Å². The Morgan fingerprint density at radius 1 is 1.08 bits per heavy atom. The number of nitrogens with one attached hydrogen (secondary N) is 2. The maximum Gasteiger partial charge on any atom is 0.425 e. The van der Waals surface area contributed by atoms with Gasteiger partial charge < -0.3 is 9.84 Å². The van der Waals surface area contributed by atoms with E-state index in [1.54, 1.807) is 19.1 Å². The summed E-state index contributed by atoms with van der Waals surface area (Å²) in [6.45, 7) is 1.59. The molecule has 196 valence electrons. The first-order chi connectivity index (χ1) is 18.0. The van der Waals surface area contributed by atoms with Gasteiger partial charge in [0, 0.05) is 22.9 Å². The van der Waals surface area contributed by atoms with Gasteiger partial charge in [-0.3, -0.25) is 20.3 Å². The first-order valence-electron chi connectivity index (χ1n) is 11.5. The van der Waals surface area contributed by atoms with Gasteiger partial charge in [-0.05, 0) is 60.0 Å². The number of aliphatic hydroxyl groups is 1. The third-order valence-electron chi connectivity index (χ3n) is 6.60. The minimum Gasteiger partial charge on any atom is -0.497 e. The summed E-state index contributed by atoms with van der Waals surface area (Å²) in [7, 11) is 1.32. The summed E-state index contributed by atoms with van der Waals surface area (Å²) in [6, 6.07) is 13.1. The van der Waals surface area contributed by atoms with Crippen LogP contribution in [0.4, 0.5) is 23.2 Å². The molecule has 0 radical (unpaired) electrons. The summed E-state index contributed by atoms with van der Waals surface area (Å²) in [6.07, 6.45) is -2.03. The largest absolute Gasteiger partial charge is 0.497 e. The normalized spacial score (nSPS) is 16.9. The van der Waals surface area contributed by atoms with E-state index < -0.39 is 29.5 Å². The van der Waals surface area contributed by atoms with E-state index in [1.165, 1.54) is 72.7 Å². The molecule has 3 N–H and O–H groups in total. The number of anilines is 1. The number of fused-ring (bicyclic) bond motifs is 3. The number of carbonyl (C=O) groups is 1. The number of aromatic nitrogens is 2. The highest BCUT2D eigenvalue weighted by Crippen LogP contribution is 2.58. The molecule has 1 aliphatic carbocycles. The molecule has 0 saturated carbocycles. The van der Waals surface area contributed by atoms with E-state index in [4.69, 9.17) is 4.74 Å². The molecule has 11 heteroatoms. The Balaban J connectivity index is 1.51. The Morgan fingerprint density at radius 3 is 2.47 bits per heavy atom. The lowest BCUT2D eigenvalue weighted by molar-refractivity contribution is -0.246. The van der Waals surface area contributed by atoms with E-state index in [-0.39, 0.29) is 28.0 Å². The zero-order chi connectivity index (χ0) is 27.2. The Bertz CT molecular complexity index is 1520. The van der Waals surface area contributed by atoms with Crippen molar-refractivity contribution in [1.29, 1.82) is 0 Å². The van der Waals surface area contributed by atoms with Crippen LogP contribution in [0.2, 0.25) is 0 Å². The molecule has 1 aromatic heterocycles. The summed E-state index contributed by atoms with van der Waals surface area (Å²) < 4.78 is 62.7. The third-order valence-corrected chi connectivity index (χ3v) is 6.60. The molecule has 1 heterocycles. The van der Waals surface area contributed by atoms with Crippen LogP contribution in [0, 0.1) is 5.82 Å². The minimum atomic E-state index is -4.99. The first kappa shape index (κ1) is 25.3. The molecule has 2 atom stereocenters. The van der Waals surface area contributed by atoms with Crippen LogP contribution in [-0.2, 0) is 10.4 Å². The molecular formula is C27H22F4N4O3. The van der Waals surface area contributed by atoms with E-state index >= 15 is 0 Å². The van der Waals surface area contributed by atoms with Gasteiger partial charge in [0.2, 0.25) is 5.60 Å². The topological polar surface area (TPSA) is 88.4 Å². The molecule has 3 aromatic carbocycles. The number of ether oxygens (including phenoxy) is 1. The number of halogens is 4. The van der Waals surface area contributed by atoms with Gasteiger partial charge in [-0.1, -0.05) is 24.3 Å². The van der Waals surface area contributed by atoms with Crippen LogP contribution >= 0.6 is 0 Å². The number of nitrogens with zero attached hydrogens (tertiary/aromatic N) is 2. The highest BCUT2D eigenvalue weighted by molar-refractivity contribution is 5.93. The van der Waals surface area contributed by atoms with Crippen LogP contribution in [-0.4, -0.2) is 34.1 Å². The van der Waals surface area contributed by atoms with Crippen LogP contribution < -0.4 is 15.6 Å². The zero-order valence-corrected chi connectivity index (χ0v) is 20.2. The van der Waals surface area contributed by atoms with Gasteiger partial charge in [0.05, 0.1) is 19.0 Å². The summed E-state index contributed by atoms with van der Waals surface area (Å²) >= 11 is 0. The SMILES string of the molecule is COc1cc(-c2cnn(C(C)C(=O)NNc3ccc(F)cc3)c2)c2c(c1)C(O)(C(F)(F)F)c1ccccc1-2. The Morgan fingerprint density at radius 2 is 1.79 bits per heavy atom. The monoisotopic (exact) mass is 526 g/mol. The number of methoxy groups -OCH3 is 1. The molecule has 2 unspecified atom stereocenters. The second-order valence-corrected chi connectivity index (χ2v) is 8.86. The van der Waals surface area contributed by atoms with Crippen molar-refractivity contribution >= 4 is 11.6 Å². The Hall–Kier alpha value is -4.38. The molecule has 0 fully saturated rings. The van der Waals surface area contributed by atoms with E-state index in [0.29, 0.717) is 16.8 Å². The van der Waals surface area contributed by atoms with Crippen molar-refractivity contribution < 1.29 is 32.2 Å². The van der Waals surface area contributed by atoms with Crippen molar-refractivity contribution in [3.05, 3.63) is 90.0 Å². The Labute approximate surface area is 214 Å². The van der Waals surface area contributed by atoms with E-state index in [1.807, 2.05) is 0 Å². The van der Waals surface area contributed by atoms with Crippen LogP contribution in [0.3, 0.4) is 0 Å². The molecule has 1 amide bonds. The lowest BCUT2D eigenvalue weighted by Gasteiger charge is -2.28. The fraction of sp³-hybridized carbons (Fsp3) is 0.185. The van der Waals surface area contributed by atoms with Gasteiger partial charge in [0.25, 0.3) is 5.91 Å². The van der Waals surface area contributed by atoms with Gasteiger partial charge >= 0.3 is 6.18 Å². The molecule has 0 aliphatic heterocycles. The molecule has 4 aromatic rings. The number of alkyl halides is 3. The molecular weight excluding hydrogens is 504 g/mol. The number of hydrogen-bond acceptors (Lipinski definition) is 5. The number of hydrazine groups is 1. The average molecular weight is 526 g/mol. The fourth-order valence-electron chi connectivity index (χ4n) is 4.58. The third kappa shape index (κ3) is 4.04. The quantitative estimate of drug-likeness (QED) is 0.238. The maximum atomic E-state index is 14.3. The van der Waals surface area contributed by atoms with Gasteiger partial charge in [-0.2, -0.15) is 18.3 Å². The average Bonchev–Trinajstić information content (AvgIpc) is 3.50. The van der Waals surface area contributed by atoms with Gasteiger partial charge in [0.15, 0.2) is 0 Å². The van der Waals surface area contributed by atoms with E-state index in [9.17, 15) is 27.5 Å². The van der Waals surface area contributed by atoms with Gasteiger partial charge in [-0.15, -0.1) is 0 Å². The summed E-state index contributed by atoms with van der Waals surface area (Å²) in [5.74, 6) is -0.757. The lowest BCUT2D eigenvalue weighted by Crippen LogP contribution is -2.41. The fourth-order valence-corrected chi connectivity index (χ4v) is 4.58. The standard InChI is InChI=1S/C27H22F4N4O3/c1-15(25(36)34-33-18-9-7-17(28)8-10-18)35-14-16(13-32-35)21-11-19(38-2)12-23-24(21)20-5-3-4-6-22(20)26(23,37)27(29,30)31/h3-15,33,37H,1-2H3,(H,34,36). The molecule has 0 bridgehead atoms. The van der Waals surface area contributed by atoms with Crippen LogP contribution in [0.25, 0.3) is 22.3 Å².